The van der Waals surface area contributed by atoms with E-state index in [0.29, 0.717) is 28.4 Å². The molecule has 3 fully saturated rings. The van der Waals surface area contributed by atoms with E-state index in [4.69, 9.17) is 28.8 Å². The molecule has 0 bridgehead atoms. The maximum Gasteiger partial charge on any atom is 0.352 e. The predicted molar refractivity (Wildman–Crippen MR) is 525 cm³/mol. The number of carboxylic acid groups (broad SMARTS) is 1. The monoisotopic (exact) mass is 2000 g/mol. The Bertz CT molecular complexity index is 4380. The second-order valence-electron chi connectivity index (χ2n) is 34.3. The van der Waals surface area contributed by atoms with E-state index in [1.807, 2.05) is 27.7 Å². The van der Waals surface area contributed by atoms with Crippen LogP contribution in [0.5, 0.6) is 5.75 Å². The molecule has 2 aromatic carbocycles. The molecule has 0 spiro atoms. The number of H-pyrrole nitrogens is 2. The highest BCUT2D eigenvalue weighted by Gasteiger charge is 2.45. The first-order valence-electron chi connectivity index (χ1n) is 47.1. The summed E-state index contributed by atoms with van der Waals surface area (Å²) >= 11 is 6.22. The molecular weight excluding hydrogens is 1850 g/mol. The SMILES string of the molecule is CC(=O)N[C@@H](Cc1ccccc1)C(=O)N[C@@H](Cc1cnc[nH]1)C(=O)N[C@H]1CSSC[C@@H](C(=O)N[C@@H](Cc2cnc[nH]2)C(C)=O)NC(=O)[C@H](CC(C)C)NC(=O)[C@H](CC(=O)O)NC(=O)[C@H](Cc2ccc(O)c(Cl)c2)NC(=O)C2CC(O)CN2C1=O.CCC.CCC(C)[C@H](NC)C(=O)N[C@@H](CC(C)C)C(=O)NCC(=O)NCC(=O)ON1C(=O)CCC1=O.CCCCCN.CCCCCN.CCCCCN. The average Bonchev–Trinajstić information content (AvgIpc) is 1.84. The number of likely N-dealkylation sites (N-methyl/N-ethyl adjacent to an activating group) is 1. The van der Waals surface area contributed by atoms with Gasteiger partial charge in [-0.15, -0.1) is 5.06 Å². The number of rotatable bonds is 42. The van der Waals surface area contributed by atoms with Crippen LogP contribution in [0.2, 0.25) is 5.02 Å². The lowest BCUT2D eigenvalue weighted by Crippen LogP contribution is -2.61. The highest BCUT2D eigenvalue weighted by Crippen LogP contribution is 2.29. The van der Waals surface area contributed by atoms with Crippen LogP contribution in [0.15, 0.2) is 73.6 Å². The van der Waals surface area contributed by atoms with Crippen LogP contribution in [0.4, 0.5) is 0 Å². The molecule has 13 atom stereocenters. The van der Waals surface area contributed by atoms with Gasteiger partial charge in [0.25, 0.3) is 11.8 Å². The first kappa shape index (κ1) is 123. The van der Waals surface area contributed by atoms with Crippen molar-refractivity contribution in [3.63, 3.8) is 0 Å². The Morgan fingerprint density at radius 3 is 1.64 bits per heavy atom. The fraction of sp³-hybridized carbons (Fsp3) is 0.624. The quantitative estimate of drug-likeness (QED) is 0.0172. The number of fused-ring (bicyclic) bond motifs is 1. The number of hydrogen-bond donors (Lipinski definition) is 20. The van der Waals surface area contributed by atoms with Crippen LogP contribution in [-0.4, -0.2) is 276 Å². The molecule has 772 valence electrons. The number of hydroxylamine groups is 2. The van der Waals surface area contributed by atoms with E-state index in [-0.39, 0.29) is 96.4 Å². The number of aliphatic hydroxyl groups is 1. The van der Waals surface area contributed by atoms with Gasteiger partial charge >= 0.3 is 11.9 Å². The summed E-state index contributed by atoms with van der Waals surface area (Å²) in [4.78, 5) is 245. The number of aliphatic carboxylic acids is 1. The zero-order valence-electron chi connectivity index (χ0n) is 82.0. The summed E-state index contributed by atoms with van der Waals surface area (Å²) in [5, 5.41) is 62.8. The summed E-state index contributed by atoms with van der Waals surface area (Å²) in [6.45, 7) is 25.5. The lowest BCUT2D eigenvalue weighted by Gasteiger charge is -2.31. The fourth-order valence-corrected chi connectivity index (χ4v) is 16.1. The summed E-state index contributed by atoms with van der Waals surface area (Å²) in [5.41, 5.74) is 17.5. The molecule has 3 saturated heterocycles. The summed E-state index contributed by atoms with van der Waals surface area (Å²) in [6, 6.07) is -2.07. The number of unbranched alkanes of at least 4 members (excludes halogenated alkanes) is 6. The number of carboxylic acids is 1. The fourth-order valence-electron chi connectivity index (χ4n) is 13.6. The number of phenols is 1. The minimum Gasteiger partial charge on any atom is -0.506 e. The van der Waals surface area contributed by atoms with E-state index in [1.165, 1.54) is 121 Å². The van der Waals surface area contributed by atoms with Gasteiger partial charge in [-0.1, -0.05) is 197 Å². The molecule has 5 heterocycles. The number of nitrogens with two attached hydrogens (primary N) is 3. The summed E-state index contributed by atoms with van der Waals surface area (Å²) in [7, 11) is 3.55. The Hall–Kier alpha value is -11.2. The number of aromatic hydroxyl groups is 1. The molecule has 0 aliphatic carbocycles. The van der Waals surface area contributed by atoms with Gasteiger partial charge in [0.15, 0.2) is 5.78 Å². The van der Waals surface area contributed by atoms with Crippen molar-refractivity contribution in [3.8, 4) is 5.75 Å². The van der Waals surface area contributed by atoms with Crippen molar-refractivity contribution in [2.75, 3.05) is 57.8 Å². The normalized spacial score (nSPS) is 18.7. The number of hydrogen-bond acceptors (Lipinski definition) is 28. The van der Waals surface area contributed by atoms with Gasteiger partial charge in [-0.05, 0) is 107 Å². The van der Waals surface area contributed by atoms with Gasteiger partial charge in [-0.25, -0.2) is 14.8 Å². The Kier molecular flexibility index (Phi) is 61.3. The highest BCUT2D eigenvalue weighted by molar-refractivity contribution is 8.76. The zero-order chi connectivity index (χ0) is 104. The molecule has 7 rings (SSSR count). The number of nitrogens with zero attached hydrogens (tertiary/aromatic N) is 4. The lowest BCUT2D eigenvalue weighted by atomic mass is 9.97. The number of phenolic OH excluding ortho intramolecular Hbond substituents is 1. The lowest BCUT2D eigenvalue weighted by molar-refractivity contribution is -0.196. The molecule has 0 saturated carbocycles. The van der Waals surface area contributed by atoms with E-state index < -0.39 is 200 Å². The summed E-state index contributed by atoms with van der Waals surface area (Å²) in [5.74, 6) is -15.0. The molecule has 4 aromatic rings. The molecule has 14 amide bonds. The average molecular weight is 2000 g/mol. The molecule has 3 aliphatic heterocycles. The Morgan fingerprint density at radius 1 is 0.601 bits per heavy atom. The van der Waals surface area contributed by atoms with Gasteiger partial charge < -0.3 is 116 Å². The van der Waals surface area contributed by atoms with Crippen molar-refractivity contribution in [1.29, 1.82) is 0 Å². The number of halogens is 1. The van der Waals surface area contributed by atoms with Crippen LogP contribution in [0.25, 0.3) is 0 Å². The second-order valence-corrected chi connectivity index (χ2v) is 37.3. The number of imide groups is 1. The van der Waals surface area contributed by atoms with Crippen LogP contribution in [0, 0.1) is 17.8 Å². The molecule has 23 N–H and O–H groups in total. The number of aliphatic hydroxyl groups excluding tert-OH is 1. The van der Waals surface area contributed by atoms with Gasteiger partial charge in [0.1, 0.15) is 66.7 Å². The molecule has 2 aromatic heterocycles. The van der Waals surface area contributed by atoms with Crippen molar-refractivity contribution in [3.05, 3.63) is 101 Å². The largest absolute Gasteiger partial charge is 0.506 e. The first-order valence-corrected chi connectivity index (χ1v) is 50.0. The Labute approximate surface area is 821 Å². The third-order valence-electron chi connectivity index (χ3n) is 21.1. The predicted octanol–water partition coefficient (Wildman–Crippen LogP) is 2.94. The standard InChI is InChI=1S/C54H68ClN13O14S2.C21H35N5O7.3C5H13N.C3H8/c1-27(2)12-37-47(75)66-42(52(80)61-36(28(3)69)16-32-20-56-25-58-32)23-83-84-24-43(67-50(78)40(17-33-21-57-26-59-33)63-48(76)38(60-29(4)70)14-30-8-6-5-7-9-30)54(82)68-22-34(71)18-44(68)53(81)65-39(15-31-10-11-45(72)35(55)13-31)49(77)64-41(19-46(73)74)51(79)62-37;1-6-13(4)19(22-5)21(32)25-14(9-12(2)3)20(31)24-10-15(27)23-11-18(30)33-26-16(28)7-8-17(26)29;3*1-2-3-4-5-6;1-3-2/h5-11,13,20-21,25-27,34,36-44,71-72H,12,14-19,22-24H2,1-4H3,(H,56,58)(H,57,59)(H,60,70)(H,61,80)(H,62,79)(H,63,76)(H,64,77)(H,65,81)(H,66,75)(H,67,78)(H,73,74);12-14,19,22H,6-11H2,1-5H3,(H,23,27)(H,24,31)(H,25,32);3*2-6H2,1H3;3H2,1-2H3/t34?,36-,37-,38-,39-,40-,41-,42-,43-,44?;13?,14-,19-;;;;/m00..../s1. The van der Waals surface area contributed by atoms with Crippen molar-refractivity contribution in [2.24, 2.45) is 35.0 Å². The van der Waals surface area contributed by atoms with Crippen molar-refractivity contribution < 1.29 is 102 Å². The second kappa shape index (κ2) is 68.8. The Balaban J connectivity index is 0.000000969. The zero-order valence-corrected chi connectivity index (χ0v) is 84.4. The number of aromatic amines is 2. The number of carbonyl (C=O) groups is 17. The van der Waals surface area contributed by atoms with E-state index in [1.54, 1.807) is 51.2 Å². The highest BCUT2D eigenvalue weighted by atomic mass is 35.5. The van der Waals surface area contributed by atoms with Crippen molar-refractivity contribution in [1.82, 2.24) is 93.7 Å². The molecular formula is C93H150ClN21O21S2. The third kappa shape index (κ3) is 48.4. The van der Waals surface area contributed by atoms with Gasteiger partial charge in [-0.3, -0.25) is 76.7 Å². The van der Waals surface area contributed by atoms with Gasteiger partial charge in [0, 0.05) is 93.7 Å². The summed E-state index contributed by atoms with van der Waals surface area (Å²) in [6.07, 6.45) is 15.7. The molecule has 3 aliphatic rings. The van der Waals surface area contributed by atoms with E-state index in [9.17, 15) is 92.0 Å². The van der Waals surface area contributed by atoms with Crippen LogP contribution in [-0.2, 0) is 112 Å². The number of imidazole rings is 2. The third-order valence-corrected chi connectivity index (χ3v) is 23.8. The Morgan fingerprint density at radius 2 is 1.14 bits per heavy atom. The maximum absolute atomic E-state index is 15.1. The molecule has 138 heavy (non-hydrogen) atoms. The maximum atomic E-state index is 15.1. The van der Waals surface area contributed by atoms with Crippen LogP contribution < -0.4 is 81.0 Å². The van der Waals surface area contributed by atoms with Crippen LogP contribution >= 0.6 is 33.2 Å². The number of amides is 14. The van der Waals surface area contributed by atoms with Crippen LogP contribution in [0.1, 0.15) is 222 Å². The number of Topliss-reactive ketones (excluding diaryl/α,β-unsaturated/α-hetero) is 1. The van der Waals surface area contributed by atoms with Crippen molar-refractivity contribution in [2.45, 2.75) is 297 Å². The van der Waals surface area contributed by atoms with Crippen LogP contribution in [0.3, 0.4) is 0 Å². The van der Waals surface area contributed by atoms with Gasteiger partial charge in [-0.2, -0.15) is 0 Å². The van der Waals surface area contributed by atoms with E-state index in [0.717, 1.165) is 52.5 Å². The van der Waals surface area contributed by atoms with Crippen molar-refractivity contribution >= 4 is 134 Å². The van der Waals surface area contributed by atoms with Gasteiger partial charge in [0.05, 0.1) is 48.8 Å². The van der Waals surface area contributed by atoms with E-state index in [2.05, 4.69) is 123 Å². The van der Waals surface area contributed by atoms with Gasteiger partial charge in [0.2, 0.25) is 70.9 Å². The number of nitrogens with one attached hydrogen (secondary N) is 14. The number of ketones is 1. The minimum atomic E-state index is -1.89. The first-order chi connectivity index (χ1) is 65.6. The smallest absolute Gasteiger partial charge is 0.352 e. The van der Waals surface area contributed by atoms with E-state index >= 15 is 4.79 Å². The topological polar surface area (TPSA) is 646 Å². The molecule has 3 unspecified atom stereocenters. The number of carbonyl (C=O) groups excluding carboxylic acids is 16. The molecule has 45 heteroatoms. The summed E-state index contributed by atoms with van der Waals surface area (Å²) < 4.78 is 0. The molecule has 42 nitrogen and oxygen atoms in total. The molecule has 0 radical (unpaired) electrons. The number of aromatic nitrogens is 4. The minimum absolute atomic E-state index is 0.0215. The number of benzene rings is 2.